The number of hydrogen-bond acceptors (Lipinski definition) is 6. The molecule has 4 aromatic rings. The van der Waals surface area contributed by atoms with Crippen LogP contribution in [0.4, 0.5) is 13.2 Å². The number of aromatic nitrogens is 2. The molecule has 0 aliphatic heterocycles. The molecule has 0 saturated carbocycles. The monoisotopic (exact) mass is 442 g/mol. The molecule has 0 amide bonds. The summed E-state index contributed by atoms with van der Waals surface area (Å²) < 4.78 is 48.9. The molecule has 3 aromatic carbocycles. The van der Waals surface area contributed by atoms with E-state index in [2.05, 4.69) is 10.1 Å². The minimum absolute atomic E-state index is 0.188. The lowest BCUT2D eigenvalue weighted by Gasteiger charge is -2.09. The number of hydrogen-bond donors (Lipinski definition) is 2. The maximum Gasteiger partial charge on any atom is 0.416 e. The molecule has 0 radical (unpaired) electrons. The second kappa shape index (κ2) is 8.81. The van der Waals surface area contributed by atoms with Crippen LogP contribution in [0.15, 0.2) is 71.3 Å². The van der Waals surface area contributed by atoms with Crippen LogP contribution in [-0.4, -0.2) is 20.4 Å². The van der Waals surface area contributed by atoms with Gasteiger partial charge >= 0.3 is 6.18 Å². The fraction of sp³-hybridized carbons (Fsp3) is 0.130. The molecule has 0 unspecified atom stereocenters. The molecule has 4 rings (SSSR count). The first-order chi connectivity index (χ1) is 15.4. The first-order valence-electron chi connectivity index (χ1n) is 9.50. The zero-order chi connectivity index (χ0) is 22.7. The molecule has 164 valence electrons. The van der Waals surface area contributed by atoms with E-state index in [1.165, 1.54) is 12.1 Å². The molecule has 32 heavy (non-hydrogen) atoms. The number of alkyl halides is 3. The number of halogens is 3. The van der Waals surface area contributed by atoms with Crippen LogP contribution in [-0.2, 0) is 19.4 Å². The van der Waals surface area contributed by atoms with Crippen LogP contribution in [0.5, 0.6) is 11.5 Å². The number of ether oxygens (including phenoxy) is 1. The van der Waals surface area contributed by atoms with Crippen molar-refractivity contribution in [2.24, 2.45) is 0 Å². The molecule has 0 saturated heterocycles. The predicted molar refractivity (Wildman–Crippen MR) is 109 cm³/mol. The van der Waals surface area contributed by atoms with Gasteiger partial charge in [-0.1, -0.05) is 11.2 Å². The van der Waals surface area contributed by atoms with Crippen molar-refractivity contribution >= 4 is 0 Å². The number of aliphatic hydroxyl groups excluding tert-OH is 2. The number of nitrogens with zero attached hydrogens (tertiary/aromatic N) is 2. The first-order valence-corrected chi connectivity index (χ1v) is 9.50. The van der Waals surface area contributed by atoms with Gasteiger partial charge in [-0.3, -0.25) is 0 Å². The van der Waals surface area contributed by atoms with E-state index in [-0.39, 0.29) is 24.9 Å². The summed E-state index contributed by atoms with van der Waals surface area (Å²) in [5.74, 6) is 1.30. The van der Waals surface area contributed by atoms with Gasteiger partial charge in [0.1, 0.15) is 11.5 Å². The Bertz CT molecular complexity index is 1200. The number of aliphatic hydroxyl groups is 2. The Balaban J connectivity index is 1.49. The Morgan fingerprint density at radius 3 is 1.97 bits per heavy atom. The minimum atomic E-state index is -4.40. The topological polar surface area (TPSA) is 88.6 Å². The zero-order valence-electron chi connectivity index (χ0n) is 16.5. The minimum Gasteiger partial charge on any atom is -0.457 e. The number of rotatable bonds is 6. The molecular formula is C23H17F3N2O4. The summed E-state index contributed by atoms with van der Waals surface area (Å²) in [4.78, 5) is 4.36. The number of benzene rings is 3. The normalized spacial score (nSPS) is 11.5. The molecule has 0 atom stereocenters. The van der Waals surface area contributed by atoms with Gasteiger partial charge in [-0.2, -0.15) is 18.2 Å². The average molecular weight is 442 g/mol. The largest absolute Gasteiger partial charge is 0.457 e. The third-order valence-electron chi connectivity index (χ3n) is 4.75. The SMILES string of the molecule is OCc1ccc(-c2nc(-c3ccc(Oc4ccc(C(F)(F)F)cc4)cc3)no2)cc1CO. The highest BCUT2D eigenvalue weighted by atomic mass is 19.4. The Hall–Kier alpha value is -3.69. The van der Waals surface area contributed by atoms with E-state index in [0.717, 1.165) is 12.1 Å². The average Bonchev–Trinajstić information content (AvgIpc) is 3.29. The van der Waals surface area contributed by atoms with Gasteiger partial charge in [-0.15, -0.1) is 0 Å². The van der Waals surface area contributed by atoms with Gasteiger partial charge in [0.25, 0.3) is 5.89 Å². The van der Waals surface area contributed by atoms with Crippen LogP contribution in [0.3, 0.4) is 0 Å². The van der Waals surface area contributed by atoms with Gasteiger partial charge in [0, 0.05) is 11.1 Å². The first kappa shape index (κ1) is 21.5. The zero-order valence-corrected chi connectivity index (χ0v) is 16.5. The summed E-state index contributed by atoms with van der Waals surface area (Å²) in [6.07, 6.45) is -4.40. The van der Waals surface area contributed by atoms with Gasteiger partial charge in [-0.25, -0.2) is 0 Å². The predicted octanol–water partition coefficient (Wildman–Crippen LogP) is 5.20. The Labute approximate surface area is 180 Å². The van der Waals surface area contributed by atoms with E-state index in [1.54, 1.807) is 42.5 Å². The van der Waals surface area contributed by atoms with Gasteiger partial charge in [-0.05, 0) is 71.8 Å². The second-order valence-electron chi connectivity index (χ2n) is 6.87. The smallest absolute Gasteiger partial charge is 0.416 e. The van der Waals surface area contributed by atoms with Crippen LogP contribution in [0.25, 0.3) is 22.8 Å². The maximum atomic E-state index is 12.7. The van der Waals surface area contributed by atoms with E-state index in [9.17, 15) is 23.4 Å². The van der Waals surface area contributed by atoms with Crippen molar-refractivity contribution in [2.75, 3.05) is 0 Å². The lowest BCUT2D eigenvalue weighted by atomic mass is 10.0. The summed E-state index contributed by atoms with van der Waals surface area (Å²) in [6, 6.07) is 16.2. The van der Waals surface area contributed by atoms with Crippen molar-refractivity contribution in [1.82, 2.24) is 10.1 Å². The molecule has 6 nitrogen and oxygen atoms in total. The van der Waals surface area contributed by atoms with Crippen molar-refractivity contribution in [1.29, 1.82) is 0 Å². The summed E-state index contributed by atoms with van der Waals surface area (Å²) in [6.45, 7) is -0.419. The van der Waals surface area contributed by atoms with Crippen LogP contribution in [0.2, 0.25) is 0 Å². The summed E-state index contributed by atoms with van der Waals surface area (Å²) in [7, 11) is 0. The Kier molecular flexibility index (Phi) is 5.93. The molecular weight excluding hydrogens is 425 g/mol. The van der Waals surface area contributed by atoms with Gasteiger partial charge in [0.05, 0.1) is 18.8 Å². The van der Waals surface area contributed by atoms with Crippen molar-refractivity contribution in [2.45, 2.75) is 19.4 Å². The maximum absolute atomic E-state index is 12.7. The quantitative estimate of drug-likeness (QED) is 0.427. The Morgan fingerprint density at radius 1 is 0.781 bits per heavy atom. The lowest BCUT2D eigenvalue weighted by molar-refractivity contribution is -0.137. The standard InChI is InChI=1S/C23H17F3N2O4/c24-23(25,26)18-5-9-20(10-6-18)31-19-7-3-14(4-8-19)21-27-22(32-28-21)15-1-2-16(12-29)17(11-15)13-30/h1-11,29-30H,12-13H2. The third-order valence-corrected chi connectivity index (χ3v) is 4.75. The third kappa shape index (κ3) is 4.63. The van der Waals surface area contributed by atoms with E-state index < -0.39 is 11.7 Å². The fourth-order valence-electron chi connectivity index (χ4n) is 3.04. The Morgan fingerprint density at radius 2 is 1.38 bits per heavy atom. The van der Waals surface area contributed by atoms with Crippen LogP contribution < -0.4 is 4.74 Å². The van der Waals surface area contributed by atoms with Crippen molar-refractivity contribution < 1.29 is 32.6 Å². The second-order valence-corrected chi connectivity index (χ2v) is 6.87. The summed E-state index contributed by atoms with van der Waals surface area (Å²) in [5, 5.41) is 22.7. The van der Waals surface area contributed by atoms with E-state index in [4.69, 9.17) is 9.26 Å². The molecule has 0 aliphatic rings. The van der Waals surface area contributed by atoms with Crippen molar-refractivity contribution in [3.63, 3.8) is 0 Å². The highest BCUT2D eigenvalue weighted by Gasteiger charge is 2.30. The van der Waals surface area contributed by atoms with Crippen molar-refractivity contribution in [3.05, 3.63) is 83.4 Å². The molecule has 9 heteroatoms. The highest BCUT2D eigenvalue weighted by molar-refractivity contribution is 5.61. The van der Waals surface area contributed by atoms with Gasteiger partial charge in [0.2, 0.25) is 5.82 Å². The van der Waals surface area contributed by atoms with E-state index in [1.807, 2.05) is 0 Å². The molecule has 0 spiro atoms. The van der Waals surface area contributed by atoms with Crippen LogP contribution in [0.1, 0.15) is 16.7 Å². The summed E-state index contributed by atoms with van der Waals surface area (Å²) >= 11 is 0. The molecule has 1 heterocycles. The van der Waals surface area contributed by atoms with Crippen LogP contribution >= 0.6 is 0 Å². The lowest BCUT2D eigenvalue weighted by Crippen LogP contribution is -2.03. The molecule has 0 bridgehead atoms. The van der Waals surface area contributed by atoms with E-state index >= 15 is 0 Å². The fourth-order valence-corrected chi connectivity index (χ4v) is 3.04. The van der Waals surface area contributed by atoms with Gasteiger partial charge in [0.15, 0.2) is 0 Å². The van der Waals surface area contributed by atoms with Crippen LogP contribution in [0, 0.1) is 0 Å². The molecule has 0 aliphatic carbocycles. The molecule has 2 N–H and O–H groups in total. The van der Waals surface area contributed by atoms with E-state index in [0.29, 0.717) is 33.8 Å². The summed E-state index contributed by atoms with van der Waals surface area (Å²) in [5.41, 5.74) is 1.68. The molecule has 1 aromatic heterocycles. The molecule has 0 fully saturated rings. The highest BCUT2D eigenvalue weighted by Crippen LogP contribution is 2.32. The van der Waals surface area contributed by atoms with Gasteiger partial charge < -0.3 is 19.5 Å². The van der Waals surface area contributed by atoms with Crippen molar-refractivity contribution in [3.8, 4) is 34.3 Å².